The van der Waals surface area contributed by atoms with Gasteiger partial charge >= 0.3 is 0 Å². The molecule has 0 spiro atoms. The zero-order valence-corrected chi connectivity index (χ0v) is 44.7. The molecule has 382 valence electrons. The molecule has 8 aromatic carbocycles. The molecular formula is C67H54N12. The van der Waals surface area contributed by atoms with E-state index in [0.29, 0.717) is 17.5 Å². The summed E-state index contributed by atoms with van der Waals surface area (Å²) in [5.74, 6) is 2.73. The van der Waals surface area contributed by atoms with Crippen molar-refractivity contribution in [3.63, 3.8) is 0 Å². The maximum atomic E-state index is 5.09. The second-order valence-electron chi connectivity index (χ2n) is 20.7. The molecule has 0 saturated heterocycles. The van der Waals surface area contributed by atoms with Gasteiger partial charge in [-0.05, 0) is 135 Å². The number of benzene rings is 8. The summed E-state index contributed by atoms with van der Waals surface area (Å²) in [5, 5.41) is 3.90. The topological polar surface area (TPSA) is 116 Å². The number of rotatable bonds is 12. The standard InChI is InChI=1S/C67H54N12/c1-43-7-15-47(16-8-43)76(61-39-68-27-31-72-61)51-24-26-54-56(35-51)66(79(64-42-71-30-34-75-64)50-21-13-46(4)14-22-50)57-37-55-53-25-23-52(77(62-40-69-28-32-73-62)48-17-9-44(2)10-18-48)36-59(53)67(5,6)60(55)38-58(57)65(54)78(63-41-70-29-33-74-63)49-19-11-45(3)12-20-49/h7-42H,1-6H3. The van der Waals surface area contributed by atoms with Crippen LogP contribution in [0.1, 0.15) is 47.2 Å². The summed E-state index contributed by atoms with van der Waals surface area (Å²) in [6.45, 7) is 13.1. The van der Waals surface area contributed by atoms with Crippen molar-refractivity contribution in [3.8, 4) is 11.1 Å². The molecule has 0 radical (unpaired) electrons. The minimum absolute atomic E-state index is 0.472. The molecule has 0 N–H and O–H groups in total. The average Bonchev–Trinajstić information content (AvgIpc) is 3.49. The molecule has 12 heteroatoms. The summed E-state index contributed by atoms with van der Waals surface area (Å²) >= 11 is 0. The molecule has 0 unspecified atom stereocenters. The van der Waals surface area contributed by atoms with Gasteiger partial charge in [-0.25, -0.2) is 19.9 Å². The predicted octanol–water partition coefficient (Wildman–Crippen LogP) is 16.6. The van der Waals surface area contributed by atoms with Crippen molar-refractivity contribution in [3.05, 3.63) is 253 Å². The third-order valence-electron chi connectivity index (χ3n) is 15.1. The molecule has 1 aliphatic carbocycles. The number of hydrogen-bond acceptors (Lipinski definition) is 12. The van der Waals surface area contributed by atoms with Gasteiger partial charge in [0, 0.05) is 111 Å². The number of aryl methyl sites for hydroxylation is 4. The summed E-state index contributed by atoms with van der Waals surface area (Å²) in [6, 6.07) is 52.7. The van der Waals surface area contributed by atoms with Crippen LogP contribution >= 0.6 is 0 Å². The molecule has 0 fully saturated rings. The molecular weight excluding hydrogens is 973 g/mol. The molecule has 4 aromatic heterocycles. The normalized spacial score (nSPS) is 12.3. The van der Waals surface area contributed by atoms with Crippen LogP contribution in [0, 0.1) is 27.7 Å². The predicted molar refractivity (Wildman–Crippen MR) is 319 cm³/mol. The van der Waals surface area contributed by atoms with Crippen LogP contribution in [-0.2, 0) is 5.41 Å². The Hall–Kier alpha value is -10.2. The lowest BCUT2D eigenvalue weighted by Gasteiger charge is -2.33. The monoisotopic (exact) mass is 1030 g/mol. The van der Waals surface area contributed by atoms with Gasteiger partial charge in [-0.1, -0.05) is 96.8 Å². The maximum Gasteiger partial charge on any atom is 0.156 e. The van der Waals surface area contributed by atoms with Crippen LogP contribution in [0.5, 0.6) is 0 Å². The fraction of sp³-hybridized carbons (Fsp3) is 0.104. The minimum Gasteiger partial charge on any atom is -0.294 e. The molecule has 0 bridgehead atoms. The maximum absolute atomic E-state index is 5.09. The van der Waals surface area contributed by atoms with Crippen LogP contribution in [-0.4, -0.2) is 39.9 Å². The average molecular weight is 1030 g/mol. The van der Waals surface area contributed by atoms with E-state index >= 15 is 0 Å². The second kappa shape index (κ2) is 19.7. The largest absolute Gasteiger partial charge is 0.294 e. The van der Waals surface area contributed by atoms with E-state index in [1.165, 1.54) is 16.7 Å². The fourth-order valence-corrected chi connectivity index (χ4v) is 11.1. The van der Waals surface area contributed by atoms with Crippen molar-refractivity contribution in [2.45, 2.75) is 47.0 Å². The number of aromatic nitrogens is 8. The zero-order chi connectivity index (χ0) is 53.8. The molecule has 0 amide bonds. The Morgan fingerprint density at radius 3 is 1.04 bits per heavy atom. The zero-order valence-electron chi connectivity index (χ0n) is 44.7. The number of hydrogen-bond donors (Lipinski definition) is 0. The lowest BCUT2D eigenvalue weighted by Crippen LogP contribution is -2.18. The van der Waals surface area contributed by atoms with Crippen LogP contribution in [0.25, 0.3) is 32.7 Å². The van der Waals surface area contributed by atoms with Gasteiger partial charge in [0.2, 0.25) is 0 Å². The Morgan fingerprint density at radius 2 is 0.620 bits per heavy atom. The third-order valence-corrected chi connectivity index (χ3v) is 15.1. The van der Waals surface area contributed by atoms with E-state index in [4.69, 9.17) is 29.9 Å². The van der Waals surface area contributed by atoms with Crippen molar-refractivity contribution in [1.29, 1.82) is 0 Å². The quantitative estimate of drug-likeness (QED) is 0.0857. The van der Waals surface area contributed by atoms with E-state index in [1.807, 2.05) is 24.8 Å². The first-order valence-corrected chi connectivity index (χ1v) is 26.3. The highest BCUT2D eigenvalue weighted by atomic mass is 15.2. The molecule has 0 atom stereocenters. The summed E-state index contributed by atoms with van der Waals surface area (Å²) in [6.07, 6.45) is 21.2. The highest BCUT2D eigenvalue weighted by molar-refractivity contribution is 6.25. The molecule has 12 aromatic rings. The van der Waals surface area contributed by atoms with Crippen LogP contribution in [0.4, 0.5) is 68.8 Å². The SMILES string of the molecule is Cc1ccc(N(c2ccc3c(c2)C(C)(C)c2cc4c(N(c5ccc(C)cc5)c5cnccn5)c5ccc(N(c6ccc(C)cc6)c6cnccn6)cc5c(N(c5ccc(C)cc5)c5cnccn5)c4cc2-3)c2cnccn2)cc1. The highest BCUT2D eigenvalue weighted by Gasteiger charge is 2.39. The fourth-order valence-electron chi connectivity index (χ4n) is 11.1. The summed E-state index contributed by atoms with van der Waals surface area (Å²) < 4.78 is 0. The van der Waals surface area contributed by atoms with Gasteiger partial charge < -0.3 is 0 Å². The Balaban J connectivity index is 1.17. The Bertz CT molecular complexity index is 4180. The molecule has 12 nitrogen and oxygen atoms in total. The lowest BCUT2D eigenvalue weighted by molar-refractivity contribution is 0.661. The van der Waals surface area contributed by atoms with Crippen molar-refractivity contribution in [2.75, 3.05) is 19.6 Å². The van der Waals surface area contributed by atoms with Gasteiger partial charge in [-0.3, -0.25) is 39.5 Å². The number of nitrogens with zero attached hydrogens (tertiary/aromatic N) is 12. The Kier molecular flexibility index (Phi) is 12.1. The molecule has 1 aliphatic rings. The van der Waals surface area contributed by atoms with E-state index in [1.54, 1.807) is 49.6 Å². The van der Waals surface area contributed by atoms with E-state index in [0.717, 1.165) is 101 Å². The Labute approximate surface area is 459 Å². The van der Waals surface area contributed by atoms with Crippen molar-refractivity contribution >= 4 is 90.3 Å². The Morgan fingerprint density at radius 1 is 0.291 bits per heavy atom. The summed E-state index contributed by atoms with van der Waals surface area (Å²) in [4.78, 5) is 47.3. The summed E-state index contributed by atoms with van der Waals surface area (Å²) in [7, 11) is 0. The first kappa shape index (κ1) is 48.4. The molecule has 0 saturated carbocycles. The van der Waals surface area contributed by atoms with Gasteiger partial charge in [0.25, 0.3) is 0 Å². The summed E-state index contributed by atoms with van der Waals surface area (Å²) in [5.41, 5.74) is 16.3. The molecule has 4 heterocycles. The van der Waals surface area contributed by atoms with Crippen LogP contribution in [0.15, 0.2) is 220 Å². The van der Waals surface area contributed by atoms with Crippen LogP contribution < -0.4 is 19.6 Å². The highest BCUT2D eigenvalue weighted by Crippen LogP contribution is 2.57. The van der Waals surface area contributed by atoms with Gasteiger partial charge in [-0.2, -0.15) is 0 Å². The first-order chi connectivity index (χ1) is 38.6. The van der Waals surface area contributed by atoms with Gasteiger partial charge in [0.15, 0.2) is 23.3 Å². The molecule has 13 rings (SSSR count). The number of fused-ring (bicyclic) bond motifs is 5. The minimum atomic E-state index is -0.472. The van der Waals surface area contributed by atoms with E-state index < -0.39 is 5.41 Å². The second-order valence-corrected chi connectivity index (χ2v) is 20.7. The van der Waals surface area contributed by atoms with Crippen LogP contribution in [0.2, 0.25) is 0 Å². The smallest absolute Gasteiger partial charge is 0.156 e. The van der Waals surface area contributed by atoms with Crippen LogP contribution in [0.3, 0.4) is 0 Å². The van der Waals surface area contributed by atoms with E-state index in [9.17, 15) is 0 Å². The molecule has 0 aliphatic heterocycles. The number of anilines is 12. The lowest BCUT2D eigenvalue weighted by atomic mass is 9.81. The first-order valence-electron chi connectivity index (χ1n) is 26.3. The van der Waals surface area contributed by atoms with Gasteiger partial charge in [-0.15, -0.1) is 0 Å². The molecule has 79 heavy (non-hydrogen) atoms. The van der Waals surface area contributed by atoms with Gasteiger partial charge in [0.05, 0.1) is 36.2 Å². The van der Waals surface area contributed by atoms with Crippen molar-refractivity contribution < 1.29 is 0 Å². The van der Waals surface area contributed by atoms with Crippen molar-refractivity contribution in [2.24, 2.45) is 0 Å². The third kappa shape index (κ3) is 8.69. The van der Waals surface area contributed by atoms with Crippen molar-refractivity contribution in [1.82, 2.24) is 39.9 Å². The van der Waals surface area contributed by atoms with E-state index in [2.05, 4.69) is 217 Å². The van der Waals surface area contributed by atoms with Gasteiger partial charge in [0.1, 0.15) is 0 Å². The van der Waals surface area contributed by atoms with E-state index in [-0.39, 0.29) is 0 Å².